The van der Waals surface area contributed by atoms with E-state index in [1.54, 1.807) is 18.5 Å². The van der Waals surface area contributed by atoms with Crippen molar-refractivity contribution in [2.75, 3.05) is 13.1 Å². The Morgan fingerprint density at radius 3 is 2.93 bits per heavy atom. The summed E-state index contributed by atoms with van der Waals surface area (Å²) in [6.07, 6.45) is 5.68. The molecule has 0 aliphatic carbocycles. The lowest BCUT2D eigenvalue weighted by Gasteiger charge is -2.14. The highest BCUT2D eigenvalue weighted by Crippen LogP contribution is 2.14. The van der Waals surface area contributed by atoms with Gasteiger partial charge in [0.2, 0.25) is 0 Å². The first-order valence-corrected chi connectivity index (χ1v) is 4.99. The van der Waals surface area contributed by atoms with Crippen LogP contribution in [0, 0.1) is 0 Å². The van der Waals surface area contributed by atoms with Crippen LogP contribution in [-0.2, 0) is 0 Å². The van der Waals surface area contributed by atoms with E-state index in [0.29, 0.717) is 5.95 Å². The molecule has 4 nitrogen and oxygen atoms in total. The van der Waals surface area contributed by atoms with Gasteiger partial charge < -0.3 is 4.90 Å². The lowest BCUT2D eigenvalue weighted by atomic mass is 10.4. The van der Waals surface area contributed by atoms with Crippen molar-refractivity contribution in [3.8, 4) is 0 Å². The molecule has 0 bridgehead atoms. The van der Waals surface area contributed by atoms with E-state index in [9.17, 15) is 0 Å². The van der Waals surface area contributed by atoms with E-state index in [2.05, 4.69) is 26.8 Å². The van der Waals surface area contributed by atoms with Crippen molar-refractivity contribution in [1.29, 1.82) is 0 Å². The van der Waals surface area contributed by atoms with Gasteiger partial charge >= 0.3 is 0 Å². The van der Waals surface area contributed by atoms with Crippen LogP contribution in [0.2, 0.25) is 0 Å². The highest BCUT2D eigenvalue weighted by molar-refractivity contribution is 5.85. The first kappa shape index (κ1) is 9.12. The molecule has 1 aliphatic rings. The highest BCUT2D eigenvalue weighted by atomic mass is 15.2. The fraction of sp³-hybridized carbons (Fsp3) is 0.500. The molecule has 0 amide bonds. The largest absolute Gasteiger partial charge is 0.360 e. The number of hydrogen-bond acceptors (Lipinski definition) is 3. The number of likely N-dealkylation sites (tertiary alicyclic amines) is 1. The molecule has 0 unspecified atom stereocenters. The third-order valence-corrected chi connectivity index (χ3v) is 2.36. The number of rotatable bonds is 2. The van der Waals surface area contributed by atoms with Crippen LogP contribution in [0.1, 0.15) is 19.8 Å². The van der Waals surface area contributed by atoms with Crippen molar-refractivity contribution in [3.05, 3.63) is 18.5 Å². The minimum absolute atomic E-state index is 0.572. The Kier molecular flexibility index (Phi) is 2.72. The molecule has 1 aromatic rings. The summed E-state index contributed by atoms with van der Waals surface area (Å²) >= 11 is 0. The lowest BCUT2D eigenvalue weighted by Crippen LogP contribution is -2.24. The average Bonchev–Trinajstić information content (AvgIpc) is 2.67. The first-order valence-electron chi connectivity index (χ1n) is 4.99. The molecule has 74 valence electrons. The number of aromatic nitrogens is 2. The number of amidine groups is 1. The summed E-state index contributed by atoms with van der Waals surface area (Å²) in [5.74, 6) is 1.70. The minimum atomic E-state index is 0.572. The Labute approximate surface area is 83.7 Å². The smallest absolute Gasteiger partial charge is 0.250 e. The molecule has 0 spiro atoms. The normalized spacial score (nSPS) is 19.2. The zero-order valence-corrected chi connectivity index (χ0v) is 8.35. The van der Waals surface area contributed by atoms with Gasteiger partial charge in [-0.05, 0) is 19.4 Å². The summed E-state index contributed by atoms with van der Waals surface area (Å²) in [6, 6.07) is 1.80. The van der Waals surface area contributed by atoms with Gasteiger partial charge in [-0.3, -0.25) is 0 Å². The van der Waals surface area contributed by atoms with Crippen molar-refractivity contribution >= 4 is 11.8 Å². The van der Waals surface area contributed by atoms with E-state index in [1.165, 1.54) is 6.42 Å². The van der Waals surface area contributed by atoms with Crippen LogP contribution in [0.5, 0.6) is 0 Å². The van der Waals surface area contributed by atoms with Gasteiger partial charge in [-0.2, -0.15) is 4.99 Å². The fourth-order valence-electron chi connectivity index (χ4n) is 1.65. The number of hydrogen-bond donors (Lipinski definition) is 0. The van der Waals surface area contributed by atoms with Crippen molar-refractivity contribution in [2.45, 2.75) is 19.8 Å². The molecule has 2 rings (SSSR count). The summed E-state index contributed by atoms with van der Waals surface area (Å²) in [6.45, 7) is 4.28. The average molecular weight is 190 g/mol. The van der Waals surface area contributed by atoms with Gasteiger partial charge in [-0.1, -0.05) is 0 Å². The first-order chi connectivity index (χ1) is 6.90. The lowest BCUT2D eigenvalue weighted by molar-refractivity contribution is 0.479. The van der Waals surface area contributed by atoms with Crippen LogP contribution in [0.3, 0.4) is 0 Å². The molecule has 2 heterocycles. The zero-order chi connectivity index (χ0) is 9.80. The van der Waals surface area contributed by atoms with Gasteiger partial charge in [0.25, 0.3) is 5.95 Å². The predicted octanol–water partition coefficient (Wildman–Crippen LogP) is 1.62. The molecule has 0 N–H and O–H groups in total. The molecule has 4 heteroatoms. The summed E-state index contributed by atoms with van der Waals surface area (Å²) in [5.41, 5.74) is 0. The van der Waals surface area contributed by atoms with E-state index >= 15 is 0 Å². The monoisotopic (exact) mass is 190 g/mol. The molecule has 1 fully saturated rings. The molecule has 1 aromatic heterocycles. The topological polar surface area (TPSA) is 41.4 Å². The van der Waals surface area contributed by atoms with Gasteiger partial charge in [-0.15, -0.1) is 0 Å². The summed E-state index contributed by atoms with van der Waals surface area (Å²) < 4.78 is 0. The molecule has 1 aliphatic heterocycles. The maximum Gasteiger partial charge on any atom is 0.250 e. The van der Waals surface area contributed by atoms with E-state index in [1.807, 2.05) is 0 Å². The molecule has 0 saturated carbocycles. The minimum Gasteiger partial charge on any atom is -0.360 e. The second kappa shape index (κ2) is 4.17. The van der Waals surface area contributed by atoms with Gasteiger partial charge in [0.15, 0.2) is 0 Å². The van der Waals surface area contributed by atoms with Gasteiger partial charge in [-0.25, -0.2) is 9.97 Å². The Morgan fingerprint density at radius 1 is 1.43 bits per heavy atom. The molecule has 0 radical (unpaired) electrons. The van der Waals surface area contributed by atoms with Gasteiger partial charge in [0.05, 0.1) is 0 Å². The van der Waals surface area contributed by atoms with Crippen LogP contribution in [0.15, 0.2) is 23.5 Å². The summed E-state index contributed by atoms with van der Waals surface area (Å²) in [7, 11) is 0. The molecular weight excluding hydrogens is 176 g/mol. The third-order valence-electron chi connectivity index (χ3n) is 2.36. The Morgan fingerprint density at radius 2 is 2.21 bits per heavy atom. The van der Waals surface area contributed by atoms with Crippen LogP contribution >= 0.6 is 0 Å². The molecule has 14 heavy (non-hydrogen) atoms. The van der Waals surface area contributed by atoms with E-state index in [0.717, 1.165) is 25.3 Å². The van der Waals surface area contributed by atoms with Crippen molar-refractivity contribution < 1.29 is 0 Å². The molecule has 1 saturated heterocycles. The molecule has 0 atom stereocenters. The fourth-order valence-corrected chi connectivity index (χ4v) is 1.65. The SMILES string of the molecule is CCN1CCC/C1=N\c1ncccn1. The second-order valence-corrected chi connectivity index (χ2v) is 3.26. The summed E-state index contributed by atoms with van der Waals surface area (Å²) in [4.78, 5) is 14.9. The van der Waals surface area contributed by atoms with Crippen LogP contribution in [0.4, 0.5) is 5.95 Å². The van der Waals surface area contributed by atoms with E-state index < -0.39 is 0 Å². The Bertz CT molecular complexity index is 320. The van der Waals surface area contributed by atoms with E-state index in [4.69, 9.17) is 0 Å². The zero-order valence-electron chi connectivity index (χ0n) is 8.35. The standard InChI is InChI=1S/C10H14N4/c1-2-14-8-3-5-9(14)13-10-11-6-4-7-12-10/h4,6-7H,2-3,5,8H2,1H3/b13-9+. The van der Waals surface area contributed by atoms with E-state index in [-0.39, 0.29) is 0 Å². The number of aliphatic imine (C=N–C) groups is 1. The predicted molar refractivity (Wildman–Crippen MR) is 55.6 cm³/mol. The number of nitrogens with zero attached hydrogens (tertiary/aromatic N) is 4. The highest BCUT2D eigenvalue weighted by Gasteiger charge is 2.16. The maximum atomic E-state index is 4.43. The Balaban J connectivity index is 2.18. The Hall–Kier alpha value is -1.45. The van der Waals surface area contributed by atoms with Crippen LogP contribution < -0.4 is 0 Å². The maximum absolute atomic E-state index is 4.43. The van der Waals surface area contributed by atoms with Crippen molar-refractivity contribution in [1.82, 2.24) is 14.9 Å². The second-order valence-electron chi connectivity index (χ2n) is 3.26. The van der Waals surface area contributed by atoms with Crippen molar-refractivity contribution in [3.63, 3.8) is 0 Å². The van der Waals surface area contributed by atoms with Crippen LogP contribution in [0.25, 0.3) is 0 Å². The van der Waals surface area contributed by atoms with Crippen LogP contribution in [-0.4, -0.2) is 33.8 Å². The molecule has 0 aromatic carbocycles. The van der Waals surface area contributed by atoms with Gasteiger partial charge in [0.1, 0.15) is 5.84 Å². The van der Waals surface area contributed by atoms with Crippen molar-refractivity contribution in [2.24, 2.45) is 4.99 Å². The summed E-state index contributed by atoms with van der Waals surface area (Å²) in [5, 5.41) is 0. The van der Waals surface area contributed by atoms with Gasteiger partial charge in [0, 0.05) is 31.9 Å². The quantitative estimate of drug-likeness (QED) is 0.711. The molecular formula is C10H14N4. The third kappa shape index (κ3) is 1.89.